The number of nitrogens with zero attached hydrogens (tertiary/aromatic N) is 1. The lowest BCUT2D eigenvalue weighted by atomic mass is 9.92. The molecule has 1 fully saturated rings. The molecule has 1 rings (SSSR count). The highest BCUT2D eigenvalue weighted by atomic mass is 16.7. The SMILES string of the molecule is CCCOCOCNC(=O)C1(CC)CCCN1C. The molecule has 0 aromatic heterocycles. The molecule has 0 aromatic rings. The molecule has 5 heteroatoms. The van der Waals surface area contributed by atoms with Crippen molar-refractivity contribution in [3.8, 4) is 0 Å². The van der Waals surface area contributed by atoms with Crippen LogP contribution in [0.3, 0.4) is 0 Å². The van der Waals surface area contributed by atoms with E-state index in [1.807, 2.05) is 14.0 Å². The van der Waals surface area contributed by atoms with Crippen LogP contribution in [0.1, 0.15) is 39.5 Å². The van der Waals surface area contributed by atoms with E-state index in [4.69, 9.17) is 9.47 Å². The van der Waals surface area contributed by atoms with Crippen molar-refractivity contribution in [1.82, 2.24) is 10.2 Å². The molecule has 106 valence electrons. The first-order chi connectivity index (χ1) is 8.67. The van der Waals surface area contributed by atoms with Gasteiger partial charge in [-0.1, -0.05) is 13.8 Å². The summed E-state index contributed by atoms with van der Waals surface area (Å²) < 4.78 is 10.4. The molecule has 1 unspecified atom stereocenters. The summed E-state index contributed by atoms with van der Waals surface area (Å²) in [6, 6.07) is 0. The maximum atomic E-state index is 12.2. The lowest BCUT2D eigenvalue weighted by molar-refractivity contribution is -0.135. The highest BCUT2D eigenvalue weighted by Crippen LogP contribution is 2.30. The first-order valence-corrected chi connectivity index (χ1v) is 6.82. The van der Waals surface area contributed by atoms with Crippen LogP contribution in [0.5, 0.6) is 0 Å². The highest BCUT2D eigenvalue weighted by molar-refractivity contribution is 5.86. The number of nitrogens with one attached hydrogen (secondary N) is 1. The third-order valence-corrected chi connectivity index (χ3v) is 3.67. The topological polar surface area (TPSA) is 50.8 Å². The Labute approximate surface area is 110 Å². The van der Waals surface area contributed by atoms with Gasteiger partial charge in [0.05, 0.1) is 5.54 Å². The van der Waals surface area contributed by atoms with Crippen molar-refractivity contribution in [3.05, 3.63) is 0 Å². The first kappa shape index (κ1) is 15.4. The molecule has 1 heterocycles. The summed E-state index contributed by atoms with van der Waals surface area (Å²) in [6.07, 6.45) is 3.82. The quantitative estimate of drug-likeness (QED) is 0.527. The van der Waals surface area contributed by atoms with Crippen molar-refractivity contribution >= 4 is 5.91 Å². The minimum Gasteiger partial charge on any atom is -0.355 e. The summed E-state index contributed by atoms with van der Waals surface area (Å²) in [7, 11) is 2.02. The van der Waals surface area contributed by atoms with E-state index in [1.54, 1.807) is 0 Å². The minimum atomic E-state index is -0.340. The van der Waals surface area contributed by atoms with Gasteiger partial charge in [0.15, 0.2) is 0 Å². The Morgan fingerprint density at radius 3 is 2.72 bits per heavy atom. The number of carbonyl (C=O) groups is 1. The molecule has 18 heavy (non-hydrogen) atoms. The highest BCUT2D eigenvalue weighted by Gasteiger charge is 2.43. The van der Waals surface area contributed by atoms with Gasteiger partial charge in [0, 0.05) is 6.61 Å². The summed E-state index contributed by atoms with van der Waals surface area (Å²) in [4.78, 5) is 14.4. The average Bonchev–Trinajstić information content (AvgIpc) is 2.75. The monoisotopic (exact) mass is 258 g/mol. The Morgan fingerprint density at radius 1 is 1.39 bits per heavy atom. The fourth-order valence-corrected chi connectivity index (χ4v) is 2.49. The van der Waals surface area contributed by atoms with Gasteiger partial charge in [0.1, 0.15) is 13.5 Å². The van der Waals surface area contributed by atoms with Crippen molar-refractivity contribution in [1.29, 1.82) is 0 Å². The van der Waals surface area contributed by atoms with Gasteiger partial charge in [-0.15, -0.1) is 0 Å². The van der Waals surface area contributed by atoms with E-state index in [1.165, 1.54) is 0 Å². The van der Waals surface area contributed by atoms with Gasteiger partial charge in [0.25, 0.3) is 0 Å². The van der Waals surface area contributed by atoms with Gasteiger partial charge in [-0.2, -0.15) is 0 Å². The third kappa shape index (κ3) is 3.67. The predicted octanol–water partition coefficient (Wildman–Crippen LogP) is 1.34. The van der Waals surface area contributed by atoms with Crippen LogP contribution >= 0.6 is 0 Å². The Morgan fingerprint density at radius 2 is 2.17 bits per heavy atom. The Balaban J connectivity index is 2.27. The summed E-state index contributed by atoms with van der Waals surface area (Å²) in [6.45, 7) is 6.24. The minimum absolute atomic E-state index is 0.0699. The second-order valence-electron chi connectivity index (χ2n) is 4.79. The second kappa shape index (κ2) is 7.71. The average molecular weight is 258 g/mol. The van der Waals surface area contributed by atoms with Crippen LogP contribution in [0.4, 0.5) is 0 Å². The second-order valence-corrected chi connectivity index (χ2v) is 4.79. The van der Waals surface area contributed by atoms with Gasteiger partial charge in [0.2, 0.25) is 5.91 Å². The molecule has 0 aromatic carbocycles. The van der Waals surface area contributed by atoms with Crippen LogP contribution in [0.25, 0.3) is 0 Å². The fraction of sp³-hybridized carbons (Fsp3) is 0.923. The molecule has 0 spiro atoms. The van der Waals surface area contributed by atoms with Crippen molar-refractivity contribution in [2.75, 3.05) is 33.7 Å². The molecule has 1 atom stereocenters. The van der Waals surface area contributed by atoms with Gasteiger partial charge in [-0.05, 0) is 39.3 Å². The van der Waals surface area contributed by atoms with Crippen LogP contribution in [0.2, 0.25) is 0 Å². The van der Waals surface area contributed by atoms with E-state index in [2.05, 4.69) is 17.1 Å². The normalized spacial score (nSPS) is 24.4. The molecule has 1 amide bonds. The number of ether oxygens (including phenoxy) is 2. The van der Waals surface area contributed by atoms with Crippen molar-refractivity contribution < 1.29 is 14.3 Å². The van der Waals surface area contributed by atoms with Crippen molar-refractivity contribution in [2.45, 2.75) is 45.1 Å². The van der Waals surface area contributed by atoms with E-state index in [0.29, 0.717) is 6.61 Å². The number of hydrogen-bond acceptors (Lipinski definition) is 4. The molecule has 1 saturated heterocycles. The molecule has 0 radical (unpaired) electrons. The van der Waals surface area contributed by atoms with E-state index in [-0.39, 0.29) is 25.0 Å². The summed E-state index contributed by atoms with van der Waals surface area (Å²) >= 11 is 0. The number of carbonyl (C=O) groups excluding carboxylic acids is 1. The Hall–Kier alpha value is -0.650. The molecule has 1 N–H and O–H groups in total. The van der Waals surface area contributed by atoms with Crippen LogP contribution in [0.15, 0.2) is 0 Å². The van der Waals surface area contributed by atoms with Gasteiger partial charge < -0.3 is 14.8 Å². The molecular formula is C13H26N2O3. The van der Waals surface area contributed by atoms with Gasteiger partial charge in [-0.25, -0.2) is 0 Å². The number of amides is 1. The molecule has 5 nitrogen and oxygen atoms in total. The van der Waals surface area contributed by atoms with Crippen LogP contribution in [-0.2, 0) is 14.3 Å². The molecule has 0 bridgehead atoms. The maximum Gasteiger partial charge on any atom is 0.242 e. The largest absolute Gasteiger partial charge is 0.355 e. The standard InChI is InChI=1S/C13H26N2O3/c1-4-9-17-11-18-10-14-12(16)13(5-2)7-6-8-15(13)3/h4-11H2,1-3H3,(H,14,16). The maximum absolute atomic E-state index is 12.2. The number of likely N-dealkylation sites (tertiary alicyclic amines) is 1. The lowest BCUT2D eigenvalue weighted by Gasteiger charge is -2.33. The third-order valence-electron chi connectivity index (χ3n) is 3.67. The zero-order chi connectivity index (χ0) is 13.4. The first-order valence-electron chi connectivity index (χ1n) is 6.82. The number of rotatable bonds is 8. The van der Waals surface area contributed by atoms with E-state index in [9.17, 15) is 4.79 Å². The molecular weight excluding hydrogens is 232 g/mol. The smallest absolute Gasteiger partial charge is 0.242 e. The molecule has 0 saturated carbocycles. The van der Waals surface area contributed by atoms with Crippen LogP contribution in [-0.4, -0.2) is 50.1 Å². The molecule has 1 aliphatic heterocycles. The Bertz CT molecular complexity index is 261. The zero-order valence-corrected chi connectivity index (χ0v) is 11.8. The number of likely N-dealkylation sites (N-methyl/N-ethyl adjacent to an activating group) is 1. The van der Waals surface area contributed by atoms with Crippen LogP contribution in [0, 0.1) is 0 Å². The summed E-state index contributed by atoms with van der Waals surface area (Å²) in [5, 5.41) is 2.84. The van der Waals surface area contributed by atoms with E-state index >= 15 is 0 Å². The van der Waals surface area contributed by atoms with E-state index in [0.717, 1.165) is 32.2 Å². The van der Waals surface area contributed by atoms with Gasteiger partial charge in [-0.3, -0.25) is 9.69 Å². The van der Waals surface area contributed by atoms with Crippen molar-refractivity contribution in [3.63, 3.8) is 0 Å². The fourth-order valence-electron chi connectivity index (χ4n) is 2.49. The van der Waals surface area contributed by atoms with Gasteiger partial charge >= 0.3 is 0 Å². The summed E-state index contributed by atoms with van der Waals surface area (Å²) in [5.41, 5.74) is -0.340. The molecule has 0 aliphatic carbocycles. The van der Waals surface area contributed by atoms with E-state index < -0.39 is 0 Å². The zero-order valence-electron chi connectivity index (χ0n) is 11.8. The van der Waals surface area contributed by atoms with Crippen LogP contribution < -0.4 is 5.32 Å². The Kier molecular flexibility index (Phi) is 6.60. The summed E-state index contributed by atoms with van der Waals surface area (Å²) in [5.74, 6) is 0.0699. The lowest BCUT2D eigenvalue weighted by Crippen LogP contribution is -2.54. The van der Waals surface area contributed by atoms with Crippen molar-refractivity contribution in [2.24, 2.45) is 0 Å². The number of hydrogen-bond donors (Lipinski definition) is 1. The predicted molar refractivity (Wildman–Crippen MR) is 70.1 cm³/mol. The molecule has 1 aliphatic rings.